The third-order valence-corrected chi connectivity index (χ3v) is 3.07. The first kappa shape index (κ1) is 13.2. The lowest BCUT2D eigenvalue weighted by molar-refractivity contribution is 0.253. The van der Waals surface area contributed by atoms with Crippen molar-refractivity contribution in [1.29, 1.82) is 0 Å². The van der Waals surface area contributed by atoms with E-state index in [1.54, 1.807) is 6.20 Å². The fraction of sp³-hybridized carbons (Fsp3) is 0.417. The average Bonchev–Trinajstić information content (AvgIpc) is 2.77. The van der Waals surface area contributed by atoms with E-state index < -0.39 is 0 Å². The van der Waals surface area contributed by atoms with E-state index in [2.05, 4.69) is 31.1 Å². The van der Waals surface area contributed by atoms with Gasteiger partial charge in [-0.2, -0.15) is 4.98 Å². The Morgan fingerprint density at radius 1 is 1.33 bits per heavy atom. The fourth-order valence-electron chi connectivity index (χ4n) is 1.34. The molecular weight excluding hydrogens is 296 g/mol. The maximum atomic E-state index is 6.06. The summed E-state index contributed by atoms with van der Waals surface area (Å²) >= 11 is 3.33. The summed E-state index contributed by atoms with van der Waals surface area (Å²) in [6.45, 7) is 6.08. The lowest BCUT2D eigenvalue weighted by Gasteiger charge is -2.23. The highest BCUT2D eigenvalue weighted by Gasteiger charge is 2.27. The van der Waals surface area contributed by atoms with E-state index in [1.807, 2.05) is 32.9 Å². The molecule has 2 N–H and O–H groups in total. The van der Waals surface area contributed by atoms with Crippen LogP contribution < -0.4 is 5.73 Å². The Morgan fingerprint density at radius 3 is 2.61 bits per heavy atom. The van der Waals surface area contributed by atoms with Crippen LogP contribution in [0.25, 0.3) is 11.5 Å². The maximum Gasteiger partial charge on any atom is 0.244 e. The van der Waals surface area contributed by atoms with E-state index in [4.69, 9.17) is 10.3 Å². The van der Waals surface area contributed by atoms with Gasteiger partial charge < -0.3 is 10.3 Å². The van der Waals surface area contributed by atoms with Crippen molar-refractivity contribution in [3.8, 4) is 11.5 Å². The Hall–Kier alpha value is -1.27. The fourth-order valence-corrected chi connectivity index (χ4v) is 1.58. The van der Waals surface area contributed by atoms with Crippen molar-refractivity contribution in [3.05, 3.63) is 28.7 Å². The van der Waals surface area contributed by atoms with Crippen LogP contribution in [-0.4, -0.2) is 15.1 Å². The van der Waals surface area contributed by atoms with Gasteiger partial charge in [0.05, 0.1) is 6.04 Å². The molecule has 0 unspecified atom stereocenters. The highest BCUT2D eigenvalue weighted by molar-refractivity contribution is 9.10. The van der Waals surface area contributed by atoms with Gasteiger partial charge in [-0.1, -0.05) is 25.9 Å². The van der Waals surface area contributed by atoms with Gasteiger partial charge >= 0.3 is 0 Å². The zero-order chi connectivity index (χ0) is 13.3. The molecule has 0 aromatic carbocycles. The van der Waals surface area contributed by atoms with E-state index in [-0.39, 0.29) is 11.5 Å². The van der Waals surface area contributed by atoms with Crippen LogP contribution in [0.15, 0.2) is 27.3 Å². The Balaban J connectivity index is 2.28. The van der Waals surface area contributed by atoms with Gasteiger partial charge in [0.2, 0.25) is 11.7 Å². The molecule has 0 aliphatic heterocycles. The number of pyridine rings is 1. The van der Waals surface area contributed by atoms with Gasteiger partial charge in [-0.25, -0.2) is 0 Å². The largest absolute Gasteiger partial charge is 0.337 e. The predicted octanol–water partition coefficient (Wildman–Crippen LogP) is 2.94. The number of nitrogens with zero attached hydrogens (tertiary/aromatic N) is 3. The predicted molar refractivity (Wildman–Crippen MR) is 71.6 cm³/mol. The summed E-state index contributed by atoms with van der Waals surface area (Å²) in [6, 6.07) is 3.40. The van der Waals surface area contributed by atoms with Crippen LogP contribution in [0.5, 0.6) is 0 Å². The second-order valence-electron chi connectivity index (χ2n) is 5.16. The summed E-state index contributed by atoms with van der Waals surface area (Å²) in [6.07, 6.45) is 1.69. The van der Waals surface area contributed by atoms with Crippen LogP contribution in [0.2, 0.25) is 0 Å². The zero-order valence-corrected chi connectivity index (χ0v) is 12.1. The molecule has 2 aromatic heterocycles. The van der Waals surface area contributed by atoms with Gasteiger partial charge in [-0.05, 0) is 33.5 Å². The molecule has 5 nitrogen and oxygen atoms in total. The zero-order valence-electron chi connectivity index (χ0n) is 10.5. The highest BCUT2D eigenvalue weighted by Crippen LogP contribution is 2.30. The number of hydrogen-bond donors (Lipinski definition) is 1. The van der Waals surface area contributed by atoms with Crippen LogP contribution >= 0.6 is 15.9 Å². The number of halogens is 1. The minimum absolute atomic E-state index is 0.128. The molecule has 96 valence electrons. The second kappa shape index (κ2) is 4.78. The molecule has 1 atom stereocenters. The molecular formula is C12H15BrN4O. The molecule has 2 aromatic rings. The second-order valence-corrected chi connectivity index (χ2v) is 6.08. The van der Waals surface area contributed by atoms with Gasteiger partial charge in [-0.3, -0.25) is 4.98 Å². The van der Waals surface area contributed by atoms with Gasteiger partial charge in [0.1, 0.15) is 5.69 Å². The van der Waals surface area contributed by atoms with Gasteiger partial charge in [-0.15, -0.1) is 0 Å². The summed E-state index contributed by atoms with van der Waals surface area (Å²) in [5.74, 6) is 0.888. The number of hydrogen-bond acceptors (Lipinski definition) is 5. The van der Waals surface area contributed by atoms with Crippen LogP contribution in [-0.2, 0) is 0 Å². The van der Waals surface area contributed by atoms with E-state index in [0.717, 1.165) is 4.47 Å². The summed E-state index contributed by atoms with van der Waals surface area (Å²) in [5.41, 5.74) is 6.60. The maximum absolute atomic E-state index is 6.06. The molecule has 6 heteroatoms. The molecule has 0 aliphatic rings. The average molecular weight is 311 g/mol. The third kappa shape index (κ3) is 2.76. The molecule has 0 fully saturated rings. The monoisotopic (exact) mass is 310 g/mol. The normalized spacial score (nSPS) is 13.6. The quantitative estimate of drug-likeness (QED) is 0.922. The molecule has 0 saturated carbocycles. The molecule has 0 aliphatic carbocycles. The van der Waals surface area contributed by atoms with Crippen molar-refractivity contribution in [2.45, 2.75) is 26.8 Å². The summed E-state index contributed by atoms with van der Waals surface area (Å²) in [4.78, 5) is 8.51. The van der Waals surface area contributed by atoms with Crippen molar-refractivity contribution in [3.63, 3.8) is 0 Å². The molecule has 2 heterocycles. The summed E-state index contributed by atoms with van der Waals surface area (Å²) < 4.78 is 6.10. The molecule has 0 amide bonds. The molecule has 0 saturated heterocycles. The first-order valence-corrected chi connectivity index (χ1v) is 6.38. The lowest BCUT2D eigenvalue weighted by Crippen LogP contribution is -2.26. The van der Waals surface area contributed by atoms with Crippen molar-refractivity contribution in [1.82, 2.24) is 15.1 Å². The Labute approximate surface area is 114 Å². The summed E-state index contributed by atoms with van der Waals surface area (Å²) in [7, 11) is 0. The standard InChI is InChI=1S/C12H15BrN4O/c1-12(2,3)9(14)11-16-10(17-18-11)8-5-4-7(13)6-15-8/h4-6,9H,14H2,1-3H3/t9-/m1/s1. The van der Waals surface area contributed by atoms with Crippen molar-refractivity contribution < 1.29 is 4.52 Å². The van der Waals surface area contributed by atoms with Crippen LogP contribution in [0.3, 0.4) is 0 Å². The third-order valence-electron chi connectivity index (χ3n) is 2.60. The minimum Gasteiger partial charge on any atom is -0.337 e. The smallest absolute Gasteiger partial charge is 0.244 e. The molecule has 0 bridgehead atoms. The minimum atomic E-state index is -0.297. The Kier molecular flexibility index (Phi) is 3.49. The van der Waals surface area contributed by atoms with E-state index in [0.29, 0.717) is 17.4 Å². The van der Waals surface area contributed by atoms with Crippen LogP contribution in [0.1, 0.15) is 32.7 Å². The van der Waals surface area contributed by atoms with Crippen molar-refractivity contribution in [2.24, 2.45) is 11.1 Å². The number of aromatic nitrogens is 3. The van der Waals surface area contributed by atoms with Crippen LogP contribution in [0.4, 0.5) is 0 Å². The van der Waals surface area contributed by atoms with Crippen molar-refractivity contribution >= 4 is 15.9 Å². The van der Waals surface area contributed by atoms with Gasteiger partial charge in [0, 0.05) is 10.7 Å². The Morgan fingerprint density at radius 2 is 2.06 bits per heavy atom. The molecule has 18 heavy (non-hydrogen) atoms. The molecule has 0 radical (unpaired) electrons. The Bertz CT molecular complexity index is 530. The number of rotatable bonds is 2. The first-order valence-electron chi connectivity index (χ1n) is 5.59. The highest BCUT2D eigenvalue weighted by atomic mass is 79.9. The number of nitrogens with two attached hydrogens (primary N) is 1. The lowest BCUT2D eigenvalue weighted by atomic mass is 9.87. The van der Waals surface area contributed by atoms with Gasteiger partial charge in [0.25, 0.3) is 0 Å². The van der Waals surface area contributed by atoms with E-state index >= 15 is 0 Å². The van der Waals surface area contributed by atoms with Gasteiger partial charge in [0.15, 0.2) is 0 Å². The molecule has 2 rings (SSSR count). The summed E-state index contributed by atoms with van der Waals surface area (Å²) in [5, 5.41) is 3.91. The molecule has 0 spiro atoms. The first-order chi connectivity index (χ1) is 8.38. The van der Waals surface area contributed by atoms with E-state index in [9.17, 15) is 0 Å². The SMILES string of the molecule is CC(C)(C)[C@H](N)c1nc(-c2ccc(Br)cn2)no1. The van der Waals surface area contributed by atoms with Crippen LogP contribution in [0, 0.1) is 5.41 Å². The van der Waals surface area contributed by atoms with E-state index in [1.165, 1.54) is 0 Å². The van der Waals surface area contributed by atoms with Crippen molar-refractivity contribution in [2.75, 3.05) is 0 Å². The topological polar surface area (TPSA) is 77.8 Å².